The normalized spacial score (nSPS) is 18.0. The third kappa shape index (κ3) is 3.32. The fourth-order valence-electron chi connectivity index (χ4n) is 2.64. The van der Waals surface area contributed by atoms with Gasteiger partial charge in [0.1, 0.15) is 12.4 Å². The van der Waals surface area contributed by atoms with Crippen LogP contribution in [-0.4, -0.2) is 28.2 Å². The molecule has 0 radical (unpaired) electrons. The Morgan fingerprint density at radius 1 is 1.45 bits per heavy atom. The minimum atomic E-state index is 0.329. The van der Waals surface area contributed by atoms with Gasteiger partial charge in [0, 0.05) is 18.9 Å². The number of rotatable bonds is 7. The molecule has 0 saturated carbocycles. The van der Waals surface area contributed by atoms with E-state index in [0.717, 1.165) is 55.9 Å². The summed E-state index contributed by atoms with van der Waals surface area (Å²) in [6.45, 7) is 6.08. The molecule has 0 N–H and O–H groups in total. The van der Waals surface area contributed by atoms with E-state index in [1.165, 1.54) is 0 Å². The van der Waals surface area contributed by atoms with E-state index in [1.807, 2.05) is 23.9 Å². The van der Waals surface area contributed by atoms with E-state index >= 15 is 0 Å². The van der Waals surface area contributed by atoms with Crippen LogP contribution in [0.5, 0.6) is 5.88 Å². The van der Waals surface area contributed by atoms with Crippen molar-refractivity contribution in [1.29, 1.82) is 0 Å². The monoisotopic (exact) mass is 305 g/mol. The highest BCUT2D eigenvalue weighted by atomic mass is 16.5. The molecule has 3 heterocycles. The second kappa shape index (κ2) is 6.96. The number of hydrogen-bond acceptors (Lipinski definition) is 5. The lowest BCUT2D eigenvalue weighted by atomic mass is 10.1. The van der Waals surface area contributed by atoms with E-state index < -0.39 is 0 Å². The molecule has 0 bridgehead atoms. The summed E-state index contributed by atoms with van der Waals surface area (Å²) in [6.07, 6.45) is 6.13. The van der Waals surface area contributed by atoms with E-state index in [1.54, 1.807) is 0 Å². The first-order valence-electron chi connectivity index (χ1n) is 7.97. The van der Waals surface area contributed by atoms with Crippen LogP contribution in [0.4, 0.5) is 0 Å². The summed E-state index contributed by atoms with van der Waals surface area (Å²) >= 11 is 0. The Bertz CT molecular complexity index is 600. The fourth-order valence-corrected chi connectivity index (χ4v) is 2.64. The summed E-state index contributed by atoms with van der Waals surface area (Å²) < 4.78 is 18.4. The van der Waals surface area contributed by atoms with Crippen LogP contribution in [0.3, 0.4) is 0 Å². The molecular weight excluding hydrogens is 282 g/mol. The number of nitrogens with zero attached hydrogens (tertiary/aromatic N) is 3. The topological polar surface area (TPSA) is 62.3 Å². The van der Waals surface area contributed by atoms with Crippen molar-refractivity contribution in [1.82, 2.24) is 14.9 Å². The van der Waals surface area contributed by atoms with E-state index in [0.29, 0.717) is 18.5 Å². The van der Waals surface area contributed by atoms with E-state index in [2.05, 4.69) is 17.2 Å². The van der Waals surface area contributed by atoms with E-state index in [-0.39, 0.29) is 0 Å². The smallest absolute Gasteiger partial charge is 0.233 e. The molecule has 0 aromatic carbocycles. The molecule has 0 amide bonds. The zero-order chi connectivity index (χ0) is 15.4. The van der Waals surface area contributed by atoms with E-state index in [9.17, 15) is 0 Å². The predicted molar refractivity (Wildman–Crippen MR) is 80.9 cm³/mol. The Labute approximate surface area is 130 Å². The summed E-state index contributed by atoms with van der Waals surface area (Å²) in [4.78, 5) is 0. The maximum Gasteiger partial charge on any atom is 0.233 e. The van der Waals surface area contributed by atoms with Crippen molar-refractivity contribution in [3.05, 3.63) is 29.3 Å². The van der Waals surface area contributed by atoms with Gasteiger partial charge in [-0.3, -0.25) is 4.68 Å². The van der Waals surface area contributed by atoms with Gasteiger partial charge in [0.15, 0.2) is 0 Å². The third-order valence-corrected chi connectivity index (χ3v) is 4.06. The van der Waals surface area contributed by atoms with Gasteiger partial charge < -0.3 is 14.0 Å². The highest BCUT2D eigenvalue weighted by Crippen LogP contribution is 2.21. The maximum atomic E-state index is 5.82. The zero-order valence-corrected chi connectivity index (χ0v) is 13.2. The molecule has 3 rings (SSSR count). The van der Waals surface area contributed by atoms with Crippen LogP contribution in [0.1, 0.15) is 49.2 Å². The molecular formula is C16H23N3O3. The molecule has 2 aromatic rings. The summed E-state index contributed by atoms with van der Waals surface area (Å²) in [5.74, 6) is 1.46. The Kier molecular flexibility index (Phi) is 4.77. The predicted octanol–water partition coefficient (Wildman–Crippen LogP) is 3.06. The molecule has 0 aliphatic carbocycles. The molecule has 1 fully saturated rings. The lowest BCUT2D eigenvalue weighted by Gasteiger charge is -2.07. The van der Waals surface area contributed by atoms with Crippen LogP contribution in [-0.2, 0) is 17.8 Å². The molecule has 120 valence electrons. The molecule has 1 aliphatic rings. The Hall–Kier alpha value is -1.82. The van der Waals surface area contributed by atoms with Gasteiger partial charge in [-0.1, -0.05) is 18.5 Å². The van der Waals surface area contributed by atoms with Gasteiger partial charge in [0.2, 0.25) is 5.88 Å². The van der Waals surface area contributed by atoms with Crippen molar-refractivity contribution in [3.8, 4) is 5.88 Å². The number of ether oxygens (including phenoxy) is 2. The van der Waals surface area contributed by atoms with Gasteiger partial charge in [-0.25, -0.2) is 0 Å². The summed E-state index contributed by atoms with van der Waals surface area (Å²) in [5.41, 5.74) is 2.05. The maximum absolute atomic E-state index is 5.82. The largest absolute Gasteiger partial charge is 0.472 e. The van der Waals surface area contributed by atoms with Crippen LogP contribution in [0, 0.1) is 6.92 Å². The van der Waals surface area contributed by atoms with E-state index in [4.69, 9.17) is 14.0 Å². The van der Waals surface area contributed by atoms with Gasteiger partial charge in [-0.05, 0) is 26.2 Å². The number of aryl methyl sites for hydroxylation is 2. The first kappa shape index (κ1) is 15.1. The number of unbranched alkanes of at least 4 members (excludes halogenated alkanes) is 1. The first-order chi connectivity index (χ1) is 10.8. The van der Waals surface area contributed by atoms with Crippen molar-refractivity contribution in [2.24, 2.45) is 0 Å². The molecule has 1 saturated heterocycles. The highest BCUT2D eigenvalue weighted by Gasteiger charge is 2.19. The van der Waals surface area contributed by atoms with Crippen LogP contribution in [0.15, 0.2) is 16.8 Å². The minimum absolute atomic E-state index is 0.329. The Morgan fingerprint density at radius 3 is 3.14 bits per heavy atom. The Morgan fingerprint density at radius 2 is 2.36 bits per heavy atom. The third-order valence-electron chi connectivity index (χ3n) is 4.06. The van der Waals surface area contributed by atoms with Gasteiger partial charge in [0.25, 0.3) is 0 Å². The zero-order valence-electron chi connectivity index (χ0n) is 13.2. The molecule has 6 heteroatoms. The molecule has 0 unspecified atom stereocenters. The van der Waals surface area contributed by atoms with Crippen LogP contribution in [0.2, 0.25) is 0 Å². The molecule has 0 spiro atoms. The van der Waals surface area contributed by atoms with Gasteiger partial charge >= 0.3 is 0 Å². The van der Waals surface area contributed by atoms with Crippen LogP contribution >= 0.6 is 0 Å². The molecule has 1 atom stereocenters. The second-order valence-corrected chi connectivity index (χ2v) is 5.71. The van der Waals surface area contributed by atoms with Gasteiger partial charge in [0.05, 0.1) is 23.9 Å². The van der Waals surface area contributed by atoms with Crippen molar-refractivity contribution in [2.45, 2.75) is 52.2 Å². The summed E-state index contributed by atoms with van der Waals surface area (Å²) in [5, 5.41) is 8.61. The highest BCUT2D eigenvalue weighted by molar-refractivity contribution is 5.22. The molecule has 1 aliphatic heterocycles. The average Bonchev–Trinajstić information content (AvgIpc) is 3.24. The quantitative estimate of drug-likeness (QED) is 0.786. The fraction of sp³-hybridized carbons (Fsp3) is 0.625. The van der Waals surface area contributed by atoms with Crippen molar-refractivity contribution < 1.29 is 14.0 Å². The average molecular weight is 305 g/mol. The first-order valence-corrected chi connectivity index (χ1v) is 7.97. The van der Waals surface area contributed by atoms with Gasteiger partial charge in [-0.15, -0.1) is 5.10 Å². The lowest BCUT2D eigenvalue weighted by Crippen LogP contribution is -2.09. The molecule has 6 nitrogen and oxygen atoms in total. The number of aromatic nitrogens is 3. The van der Waals surface area contributed by atoms with Crippen LogP contribution in [0.25, 0.3) is 0 Å². The van der Waals surface area contributed by atoms with Crippen molar-refractivity contribution in [3.63, 3.8) is 0 Å². The van der Waals surface area contributed by atoms with Crippen LogP contribution < -0.4 is 4.74 Å². The second-order valence-electron chi connectivity index (χ2n) is 5.71. The minimum Gasteiger partial charge on any atom is -0.472 e. The molecule has 22 heavy (non-hydrogen) atoms. The SMILES string of the molecule is CCCCc1noc(C)c1COc1ccn([C@@H]2CCOC2)n1. The van der Waals surface area contributed by atoms with Crippen molar-refractivity contribution in [2.75, 3.05) is 13.2 Å². The summed E-state index contributed by atoms with van der Waals surface area (Å²) in [6, 6.07) is 2.22. The lowest BCUT2D eigenvalue weighted by molar-refractivity contribution is 0.184. The Balaban J connectivity index is 1.61. The molecule has 2 aromatic heterocycles. The summed E-state index contributed by atoms with van der Waals surface area (Å²) in [7, 11) is 0. The standard InChI is InChI=1S/C16H23N3O3/c1-3-4-5-15-14(12(2)22-18-15)11-21-16-6-8-19(17-16)13-7-9-20-10-13/h6,8,13H,3-5,7,9-11H2,1-2H3/t13-/m1/s1. The van der Waals surface area contributed by atoms with Crippen molar-refractivity contribution >= 4 is 0 Å². The number of hydrogen-bond donors (Lipinski definition) is 0. The van der Waals surface area contributed by atoms with Gasteiger partial charge in [-0.2, -0.15) is 0 Å².